The van der Waals surface area contributed by atoms with Crippen molar-refractivity contribution in [2.75, 3.05) is 13.2 Å². The molecule has 0 spiro atoms. The van der Waals surface area contributed by atoms with Crippen LogP contribution in [0.15, 0.2) is 18.5 Å². The van der Waals surface area contributed by atoms with Gasteiger partial charge in [0.2, 0.25) is 5.28 Å². The highest BCUT2D eigenvalue weighted by molar-refractivity contribution is 6.35. The molecule has 4 heterocycles. The molecule has 8 heteroatoms. The monoisotopic (exact) mass is 356 g/mol. The molecule has 0 aliphatic carbocycles. The summed E-state index contributed by atoms with van der Waals surface area (Å²) >= 11 is 11.8. The molecule has 1 atom stereocenters. The van der Waals surface area contributed by atoms with Crippen molar-refractivity contribution in [1.82, 2.24) is 19.7 Å². The van der Waals surface area contributed by atoms with E-state index in [1.165, 1.54) is 12.8 Å². The van der Waals surface area contributed by atoms with Crippen molar-refractivity contribution in [3.8, 4) is 0 Å². The van der Waals surface area contributed by atoms with Gasteiger partial charge in [-0.2, -0.15) is 10.1 Å². The standard InChI is InChI=1S/C10H10Cl2N4O.C5H8O/c11-8-6-5-13-16(7-3-1-2-4-17-7)9(6)15-10(12)14-8;1-2-4-6-5-3-1/h5,7H,1-4H2;2,4H,1,3,5H2. The molecule has 124 valence electrons. The van der Waals surface area contributed by atoms with E-state index in [0.29, 0.717) is 16.2 Å². The topological polar surface area (TPSA) is 62.1 Å². The fourth-order valence-corrected chi connectivity index (χ4v) is 2.90. The molecule has 2 aliphatic heterocycles. The number of nitrogens with zero attached hydrogens (tertiary/aromatic N) is 4. The van der Waals surface area contributed by atoms with Crippen LogP contribution in [0.4, 0.5) is 0 Å². The Kier molecular flexibility index (Phi) is 5.70. The molecule has 2 aromatic rings. The van der Waals surface area contributed by atoms with Gasteiger partial charge in [0.1, 0.15) is 5.15 Å². The maximum Gasteiger partial charge on any atom is 0.225 e. The summed E-state index contributed by atoms with van der Waals surface area (Å²) in [7, 11) is 0. The SMILES string of the molecule is C1=COCCC1.Clc1nc(Cl)c2cnn(C3CCCCO3)c2n1. The first-order valence-electron chi connectivity index (χ1n) is 7.70. The molecule has 0 aromatic carbocycles. The Morgan fingerprint density at radius 2 is 2.04 bits per heavy atom. The van der Waals surface area contributed by atoms with Crippen molar-refractivity contribution in [2.45, 2.75) is 38.3 Å². The highest BCUT2D eigenvalue weighted by Crippen LogP contribution is 2.28. The number of hydrogen-bond acceptors (Lipinski definition) is 5. The van der Waals surface area contributed by atoms with E-state index >= 15 is 0 Å². The van der Waals surface area contributed by atoms with E-state index in [1.54, 1.807) is 17.1 Å². The van der Waals surface area contributed by atoms with Gasteiger partial charge in [0.15, 0.2) is 11.9 Å². The molecule has 1 unspecified atom stereocenters. The van der Waals surface area contributed by atoms with Crippen LogP contribution >= 0.6 is 23.2 Å². The van der Waals surface area contributed by atoms with Gasteiger partial charge in [0.25, 0.3) is 0 Å². The highest BCUT2D eigenvalue weighted by atomic mass is 35.5. The minimum absolute atomic E-state index is 0.0803. The Hall–Kier alpha value is -1.37. The molecular formula is C15H18Cl2N4O2. The molecule has 1 saturated heterocycles. The zero-order chi connectivity index (χ0) is 16.1. The molecule has 0 amide bonds. The second-order valence-corrected chi connectivity index (χ2v) is 6.01. The molecule has 0 saturated carbocycles. The van der Waals surface area contributed by atoms with E-state index in [0.717, 1.165) is 32.5 Å². The number of allylic oxidation sites excluding steroid dienone is 1. The number of fused-ring (bicyclic) bond motifs is 1. The summed E-state index contributed by atoms with van der Waals surface area (Å²) in [6, 6.07) is 0. The Balaban J connectivity index is 0.000000220. The van der Waals surface area contributed by atoms with Crippen LogP contribution in [-0.4, -0.2) is 33.0 Å². The molecule has 6 nitrogen and oxygen atoms in total. The third kappa shape index (κ3) is 4.13. The average molecular weight is 357 g/mol. The molecule has 0 N–H and O–H groups in total. The van der Waals surface area contributed by atoms with Crippen LogP contribution in [-0.2, 0) is 9.47 Å². The van der Waals surface area contributed by atoms with E-state index in [-0.39, 0.29) is 11.5 Å². The van der Waals surface area contributed by atoms with Crippen molar-refractivity contribution < 1.29 is 9.47 Å². The first kappa shape index (κ1) is 16.5. The predicted molar refractivity (Wildman–Crippen MR) is 88.5 cm³/mol. The summed E-state index contributed by atoms with van der Waals surface area (Å²) in [5, 5.41) is 5.41. The molecule has 0 bridgehead atoms. The number of ether oxygens (including phenoxy) is 2. The zero-order valence-electron chi connectivity index (χ0n) is 12.6. The maximum atomic E-state index is 5.98. The lowest BCUT2D eigenvalue weighted by atomic mass is 10.2. The summed E-state index contributed by atoms with van der Waals surface area (Å²) in [6.45, 7) is 1.66. The molecule has 1 fully saturated rings. The summed E-state index contributed by atoms with van der Waals surface area (Å²) in [5.41, 5.74) is 0.627. The lowest BCUT2D eigenvalue weighted by molar-refractivity contribution is -0.0370. The number of halogens is 2. The maximum absolute atomic E-state index is 5.98. The van der Waals surface area contributed by atoms with Crippen LogP contribution in [0.3, 0.4) is 0 Å². The summed E-state index contributed by atoms with van der Waals surface area (Å²) in [6.07, 6.45) is 10.9. The lowest BCUT2D eigenvalue weighted by Crippen LogP contribution is -2.19. The second kappa shape index (κ2) is 7.95. The summed E-state index contributed by atoms with van der Waals surface area (Å²) in [5.74, 6) is 0. The van der Waals surface area contributed by atoms with Crippen molar-refractivity contribution in [1.29, 1.82) is 0 Å². The molecule has 0 radical (unpaired) electrons. The minimum atomic E-state index is -0.0803. The normalized spacial score (nSPS) is 20.7. The van der Waals surface area contributed by atoms with Gasteiger partial charge < -0.3 is 9.47 Å². The van der Waals surface area contributed by atoms with E-state index in [4.69, 9.17) is 32.7 Å². The number of hydrogen-bond donors (Lipinski definition) is 0. The van der Waals surface area contributed by atoms with Gasteiger partial charge in [0, 0.05) is 6.61 Å². The summed E-state index contributed by atoms with van der Waals surface area (Å²) in [4.78, 5) is 8.05. The zero-order valence-corrected chi connectivity index (χ0v) is 14.1. The Morgan fingerprint density at radius 3 is 2.65 bits per heavy atom. The Morgan fingerprint density at radius 1 is 1.13 bits per heavy atom. The van der Waals surface area contributed by atoms with E-state index in [1.807, 2.05) is 6.08 Å². The molecule has 2 aromatic heterocycles. The summed E-state index contributed by atoms with van der Waals surface area (Å²) < 4.78 is 12.3. The van der Waals surface area contributed by atoms with Gasteiger partial charge in [-0.3, -0.25) is 0 Å². The van der Waals surface area contributed by atoms with E-state index in [2.05, 4.69) is 15.1 Å². The van der Waals surface area contributed by atoms with Crippen molar-refractivity contribution in [2.24, 2.45) is 0 Å². The van der Waals surface area contributed by atoms with Crippen LogP contribution in [0.5, 0.6) is 0 Å². The molecule has 2 aliphatic rings. The Bertz CT molecular complexity index is 675. The predicted octanol–water partition coefficient (Wildman–Crippen LogP) is 4.14. The van der Waals surface area contributed by atoms with Crippen molar-refractivity contribution >= 4 is 34.2 Å². The quantitative estimate of drug-likeness (QED) is 0.567. The van der Waals surface area contributed by atoms with Crippen LogP contribution in [0.25, 0.3) is 11.0 Å². The van der Waals surface area contributed by atoms with Gasteiger partial charge in [-0.15, -0.1) is 0 Å². The van der Waals surface area contributed by atoms with Gasteiger partial charge in [-0.05, 0) is 49.8 Å². The smallest absolute Gasteiger partial charge is 0.225 e. The van der Waals surface area contributed by atoms with Crippen molar-refractivity contribution in [3.05, 3.63) is 29.0 Å². The first-order valence-corrected chi connectivity index (χ1v) is 8.46. The second-order valence-electron chi connectivity index (χ2n) is 5.32. The first-order chi connectivity index (χ1) is 11.3. The van der Waals surface area contributed by atoms with E-state index < -0.39 is 0 Å². The van der Waals surface area contributed by atoms with Gasteiger partial charge in [-0.25, -0.2) is 9.67 Å². The van der Waals surface area contributed by atoms with Gasteiger partial charge in [0.05, 0.1) is 24.5 Å². The largest absolute Gasteiger partial charge is 0.502 e. The lowest BCUT2D eigenvalue weighted by Gasteiger charge is -2.22. The Labute approximate surface area is 144 Å². The van der Waals surface area contributed by atoms with Crippen molar-refractivity contribution in [3.63, 3.8) is 0 Å². The number of rotatable bonds is 1. The fraction of sp³-hybridized carbons (Fsp3) is 0.533. The number of aromatic nitrogens is 4. The third-order valence-electron chi connectivity index (χ3n) is 3.63. The van der Waals surface area contributed by atoms with E-state index in [9.17, 15) is 0 Å². The molecular weight excluding hydrogens is 339 g/mol. The van der Waals surface area contributed by atoms with Crippen LogP contribution in [0.2, 0.25) is 10.4 Å². The minimum Gasteiger partial charge on any atom is -0.502 e. The molecule has 4 rings (SSSR count). The fourth-order valence-electron chi connectivity index (χ4n) is 2.48. The third-order valence-corrected chi connectivity index (χ3v) is 4.09. The van der Waals surface area contributed by atoms with Gasteiger partial charge in [-0.1, -0.05) is 11.6 Å². The van der Waals surface area contributed by atoms with Crippen LogP contribution in [0.1, 0.15) is 38.3 Å². The average Bonchev–Trinajstić information content (AvgIpc) is 3.02. The van der Waals surface area contributed by atoms with Crippen LogP contribution in [0, 0.1) is 0 Å². The van der Waals surface area contributed by atoms with Crippen LogP contribution < -0.4 is 0 Å². The highest BCUT2D eigenvalue weighted by Gasteiger charge is 2.20. The molecule has 23 heavy (non-hydrogen) atoms. The van der Waals surface area contributed by atoms with Gasteiger partial charge >= 0.3 is 0 Å².